The van der Waals surface area contributed by atoms with Gasteiger partial charge in [-0.3, -0.25) is 5.32 Å². The molecule has 1 fully saturated rings. The maximum Gasteiger partial charge on any atom is 0.104 e. The van der Waals surface area contributed by atoms with Crippen molar-refractivity contribution < 1.29 is 5.11 Å². The van der Waals surface area contributed by atoms with Crippen molar-refractivity contribution in [2.45, 2.75) is 18.0 Å². The molecule has 0 aliphatic carbocycles. The first-order valence-electron chi connectivity index (χ1n) is 7.41. The summed E-state index contributed by atoms with van der Waals surface area (Å²) < 4.78 is 0. The number of aliphatic hydroxyl groups excluding tert-OH is 1. The van der Waals surface area contributed by atoms with Gasteiger partial charge in [-0.15, -0.1) is 0 Å². The summed E-state index contributed by atoms with van der Waals surface area (Å²) in [7, 11) is 0. The van der Waals surface area contributed by atoms with Gasteiger partial charge in [0.05, 0.1) is 12.7 Å². The van der Waals surface area contributed by atoms with Gasteiger partial charge in [-0.05, 0) is 16.7 Å². The molecule has 0 unspecified atom stereocenters. The van der Waals surface area contributed by atoms with Crippen molar-refractivity contribution >= 4 is 12.2 Å². The van der Waals surface area contributed by atoms with Crippen molar-refractivity contribution in [1.82, 2.24) is 5.32 Å². The van der Waals surface area contributed by atoms with E-state index in [1.165, 1.54) is 5.56 Å². The van der Waals surface area contributed by atoms with Crippen molar-refractivity contribution in [3.63, 3.8) is 0 Å². The largest absolute Gasteiger partial charge is 0.395 e. The van der Waals surface area contributed by atoms with Crippen LogP contribution in [0.2, 0.25) is 0 Å². The Bertz CT molecular complexity index is 686. The highest BCUT2D eigenvalue weighted by atomic mass is 16.3. The van der Waals surface area contributed by atoms with E-state index in [0.29, 0.717) is 0 Å². The third-order valence-electron chi connectivity index (χ3n) is 4.11. The fraction of sp³-hybridized carbons (Fsp3) is 0.211. The van der Waals surface area contributed by atoms with Crippen LogP contribution in [0.4, 0.5) is 0 Å². The van der Waals surface area contributed by atoms with E-state index < -0.39 is 0 Å². The lowest BCUT2D eigenvalue weighted by molar-refractivity contribution is 0.151. The number of hydrogen-bond acceptors (Lipinski definition) is 3. The summed E-state index contributed by atoms with van der Waals surface area (Å²) in [6, 6.07) is 20.4. The molecule has 3 nitrogen and oxygen atoms in total. The van der Waals surface area contributed by atoms with Crippen LogP contribution in [-0.4, -0.2) is 23.8 Å². The number of nitriles is 1. The van der Waals surface area contributed by atoms with Gasteiger partial charge in [-0.25, -0.2) is 0 Å². The first-order chi connectivity index (χ1) is 10.8. The highest BCUT2D eigenvalue weighted by molar-refractivity contribution is 5.69. The Labute approximate surface area is 130 Å². The molecule has 2 N–H and O–H groups in total. The molecule has 0 spiro atoms. The molecule has 3 heteroatoms. The maximum atomic E-state index is 9.31. The normalized spacial score (nSPS) is 23.9. The Balaban J connectivity index is 1.73. The second kappa shape index (κ2) is 6.57. The van der Waals surface area contributed by atoms with Crippen molar-refractivity contribution in [2.24, 2.45) is 0 Å². The maximum absolute atomic E-state index is 9.31. The number of benzene rings is 2. The zero-order chi connectivity index (χ0) is 15.4. The number of nitrogens with zero attached hydrogens (tertiary/aromatic N) is 1. The minimum Gasteiger partial charge on any atom is -0.395 e. The fourth-order valence-electron chi connectivity index (χ4n) is 2.85. The molecule has 3 rings (SSSR count). The van der Waals surface area contributed by atoms with E-state index in [1.54, 1.807) is 0 Å². The van der Waals surface area contributed by atoms with E-state index in [0.717, 1.165) is 11.1 Å². The van der Waals surface area contributed by atoms with Crippen LogP contribution in [0.15, 0.2) is 54.6 Å². The molecule has 0 amide bonds. The molecule has 3 atom stereocenters. The highest BCUT2D eigenvalue weighted by Gasteiger charge is 2.40. The zero-order valence-corrected chi connectivity index (χ0v) is 12.2. The number of nitrogens with one attached hydrogen (secondary N) is 1. The van der Waals surface area contributed by atoms with E-state index in [-0.39, 0.29) is 24.6 Å². The monoisotopic (exact) mass is 290 g/mol. The van der Waals surface area contributed by atoms with Crippen LogP contribution in [-0.2, 0) is 0 Å². The predicted molar refractivity (Wildman–Crippen MR) is 88.0 cm³/mol. The number of hydrogen-bond donors (Lipinski definition) is 2. The molecule has 2 aromatic rings. The van der Waals surface area contributed by atoms with Gasteiger partial charge in [0, 0.05) is 12.0 Å². The first kappa shape index (κ1) is 14.5. The fourth-order valence-corrected chi connectivity index (χ4v) is 2.85. The van der Waals surface area contributed by atoms with Crippen LogP contribution in [0.5, 0.6) is 0 Å². The molecule has 2 aromatic carbocycles. The average molecular weight is 290 g/mol. The average Bonchev–Trinajstić information content (AvgIpc) is 2.55. The van der Waals surface area contributed by atoms with Gasteiger partial charge in [-0.2, -0.15) is 5.26 Å². The van der Waals surface area contributed by atoms with E-state index in [4.69, 9.17) is 5.26 Å². The van der Waals surface area contributed by atoms with Gasteiger partial charge in [0.25, 0.3) is 0 Å². The van der Waals surface area contributed by atoms with E-state index in [1.807, 2.05) is 30.3 Å². The van der Waals surface area contributed by atoms with E-state index >= 15 is 0 Å². The summed E-state index contributed by atoms with van der Waals surface area (Å²) in [4.78, 5) is 0. The third-order valence-corrected chi connectivity index (χ3v) is 4.11. The number of aliphatic hydroxyl groups is 1. The summed E-state index contributed by atoms with van der Waals surface area (Å²) >= 11 is 0. The van der Waals surface area contributed by atoms with Crippen molar-refractivity contribution in [2.75, 3.05) is 6.61 Å². The lowest BCUT2D eigenvalue weighted by atomic mass is 9.78. The van der Waals surface area contributed by atoms with Crippen molar-refractivity contribution in [3.05, 3.63) is 71.3 Å². The first-order valence-corrected chi connectivity index (χ1v) is 7.41. The molecule has 0 radical (unpaired) electrons. The second-order valence-corrected chi connectivity index (χ2v) is 5.50. The quantitative estimate of drug-likeness (QED) is 0.851. The summed E-state index contributed by atoms with van der Waals surface area (Å²) in [5.41, 5.74) is 3.38. The van der Waals surface area contributed by atoms with Gasteiger partial charge in [0.1, 0.15) is 6.04 Å². The topological polar surface area (TPSA) is 56.0 Å². The predicted octanol–water partition coefficient (Wildman–Crippen LogP) is 2.80. The Morgan fingerprint density at radius 2 is 1.64 bits per heavy atom. The third kappa shape index (κ3) is 2.94. The van der Waals surface area contributed by atoms with Crippen LogP contribution in [0.3, 0.4) is 0 Å². The SMILES string of the molecule is N#C[C@H]1N[C@H](CO)[C@@H]1c1ccc(C=Cc2ccccc2)cc1. The molecule has 110 valence electrons. The Morgan fingerprint density at radius 3 is 2.23 bits per heavy atom. The van der Waals surface area contributed by atoms with Gasteiger partial charge < -0.3 is 5.11 Å². The van der Waals surface area contributed by atoms with Crippen LogP contribution in [0.1, 0.15) is 22.6 Å². The standard InChI is InChI=1S/C19H18N2O/c20-12-17-19(18(13-22)21-17)16-10-8-15(9-11-16)7-6-14-4-2-1-3-5-14/h1-11,17-19,21-22H,13H2/t17-,18-,19-/m1/s1. The molecule has 0 bridgehead atoms. The summed E-state index contributed by atoms with van der Waals surface area (Å²) in [5, 5.41) is 21.5. The molecule has 1 saturated heterocycles. The number of rotatable bonds is 4. The lowest BCUT2D eigenvalue weighted by Gasteiger charge is -2.41. The Hall–Kier alpha value is -2.41. The second-order valence-electron chi connectivity index (χ2n) is 5.50. The Kier molecular flexibility index (Phi) is 4.34. The minimum atomic E-state index is -0.206. The van der Waals surface area contributed by atoms with E-state index in [2.05, 4.69) is 47.8 Å². The highest BCUT2D eigenvalue weighted by Crippen LogP contribution is 2.31. The van der Waals surface area contributed by atoms with Gasteiger partial charge in [0.15, 0.2) is 0 Å². The van der Waals surface area contributed by atoms with E-state index in [9.17, 15) is 5.11 Å². The molecule has 1 heterocycles. The van der Waals surface area contributed by atoms with Crippen molar-refractivity contribution in [1.29, 1.82) is 5.26 Å². The van der Waals surface area contributed by atoms with Crippen LogP contribution >= 0.6 is 0 Å². The molecular formula is C19H18N2O. The van der Waals surface area contributed by atoms with Crippen LogP contribution in [0, 0.1) is 11.3 Å². The van der Waals surface area contributed by atoms with Gasteiger partial charge in [-0.1, -0.05) is 66.7 Å². The van der Waals surface area contributed by atoms with Crippen molar-refractivity contribution in [3.8, 4) is 6.07 Å². The van der Waals surface area contributed by atoms with Gasteiger partial charge >= 0.3 is 0 Å². The summed E-state index contributed by atoms with van der Waals surface area (Å²) in [6.07, 6.45) is 4.15. The summed E-state index contributed by atoms with van der Waals surface area (Å²) in [6.45, 7) is 0.0541. The lowest BCUT2D eigenvalue weighted by Crippen LogP contribution is -2.60. The molecular weight excluding hydrogens is 272 g/mol. The zero-order valence-electron chi connectivity index (χ0n) is 12.2. The smallest absolute Gasteiger partial charge is 0.104 e. The molecule has 0 aromatic heterocycles. The van der Waals surface area contributed by atoms with Gasteiger partial charge in [0.2, 0.25) is 0 Å². The molecule has 22 heavy (non-hydrogen) atoms. The molecule has 1 aliphatic heterocycles. The van der Waals surface area contributed by atoms with Crippen LogP contribution in [0.25, 0.3) is 12.2 Å². The molecule has 1 aliphatic rings. The molecule has 0 saturated carbocycles. The minimum absolute atomic E-state index is 0.0182. The summed E-state index contributed by atoms with van der Waals surface area (Å²) in [5.74, 6) is 0.0714. The van der Waals surface area contributed by atoms with Crippen LogP contribution < -0.4 is 5.32 Å². The Morgan fingerprint density at radius 1 is 1.00 bits per heavy atom.